The molecule has 1 aliphatic rings. The van der Waals surface area contributed by atoms with Crippen molar-refractivity contribution in [2.75, 3.05) is 0 Å². The average Bonchev–Trinajstić information content (AvgIpc) is 2.58. The van der Waals surface area contributed by atoms with Crippen LogP contribution in [-0.2, 0) is 6.42 Å². The van der Waals surface area contributed by atoms with Gasteiger partial charge < -0.3 is 4.40 Å². The number of nitrogens with zero attached hydrogens (tertiary/aromatic N) is 2. The molecule has 0 atom stereocenters. The lowest BCUT2D eigenvalue weighted by Gasteiger charge is -2.09. The summed E-state index contributed by atoms with van der Waals surface area (Å²) in [6, 6.07) is 3.63. The van der Waals surface area contributed by atoms with E-state index in [1.807, 2.05) is 16.7 Å². The maximum absolute atomic E-state index is 11.6. The highest BCUT2D eigenvalue weighted by Gasteiger charge is 2.22. The zero-order chi connectivity index (χ0) is 10.4. The Morgan fingerprint density at radius 2 is 2.20 bits per heavy atom. The van der Waals surface area contributed by atoms with Crippen molar-refractivity contribution in [3.8, 4) is 0 Å². The summed E-state index contributed by atoms with van der Waals surface area (Å²) >= 11 is 5.92. The molecule has 2 aromatic rings. The smallest absolute Gasteiger partial charge is 0.183 e. The van der Waals surface area contributed by atoms with Gasteiger partial charge in [0.05, 0.1) is 10.7 Å². The highest BCUT2D eigenvalue weighted by atomic mass is 35.5. The third-order valence-electron chi connectivity index (χ3n) is 2.76. The fraction of sp³-hybridized carbons (Fsp3) is 0.273. The van der Waals surface area contributed by atoms with Gasteiger partial charge in [-0.05, 0) is 25.0 Å². The van der Waals surface area contributed by atoms with Crippen molar-refractivity contribution >= 4 is 23.0 Å². The van der Waals surface area contributed by atoms with Crippen molar-refractivity contribution in [3.63, 3.8) is 0 Å². The highest BCUT2D eigenvalue weighted by Crippen LogP contribution is 2.23. The zero-order valence-corrected chi connectivity index (χ0v) is 8.79. The number of imidazole rings is 1. The summed E-state index contributed by atoms with van der Waals surface area (Å²) in [5.41, 5.74) is 2.44. The molecule has 0 amide bonds. The van der Waals surface area contributed by atoms with Crippen molar-refractivity contribution in [1.82, 2.24) is 9.38 Å². The molecule has 15 heavy (non-hydrogen) atoms. The van der Waals surface area contributed by atoms with Crippen molar-refractivity contribution in [1.29, 1.82) is 0 Å². The van der Waals surface area contributed by atoms with E-state index in [0.29, 0.717) is 17.1 Å². The van der Waals surface area contributed by atoms with E-state index in [9.17, 15) is 4.79 Å². The number of Topliss-reactive ketones (excluding diaryl/α,β-unsaturated/α-hetero) is 1. The summed E-state index contributed by atoms with van der Waals surface area (Å²) in [5, 5.41) is 0.667. The number of carbonyl (C=O) groups excluding carboxylic acids is 1. The maximum Gasteiger partial charge on any atom is 0.183 e. The molecule has 3 rings (SSSR count). The van der Waals surface area contributed by atoms with E-state index in [1.165, 1.54) is 0 Å². The van der Waals surface area contributed by atoms with Gasteiger partial charge in [-0.3, -0.25) is 4.79 Å². The zero-order valence-electron chi connectivity index (χ0n) is 8.03. The van der Waals surface area contributed by atoms with Gasteiger partial charge in [0.2, 0.25) is 0 Å². The molecular weight excluding hydrogens is 212 g/mol. The van der Waals surface area contributed by atoms with E-state index < -0.39 is 0 Å². The van der Waals surface area contributed by atoms with Crippen molar-refractivity contribution < 1.29 is 4.79 Å². The second-order valence-corrected chi connectivity index (χ2v) is 4.20. The molecule has 0 radical (unpaired) electrons. The second kappa shape index (κ2) is 3.07. The lowest BCUT2D eigenvalue weighted by Crippen LogP contribution is -2.11. The summed E-state index contributed by atoms with van der Waals surface area (Å²) < 4.78 is 1.93. The summed E-state index contributed by atoms with van der Waals surface area (Å²) in [4.78, 5) is 16.0. The monoisotopic (exact) mass is 220 g/mol. The Bertz CT molecular complexity index is 559. The Kier molecular flexibility index (Phi) is 1.83. The molecule has 0 unspecified atom stereocenters. The molecule has 0 aliphatic heterocycles. The number of ketones is 1. The van der Waals surface area contributed by atoms with Crippen LogP contribution in [0.5, 0.6) is 0 Å². The quantitative estimate of drug-likeness (QED) is 0.684. The van der Waals surface area contributed by atoms with E-state index in [2.05, 4.69) is 4.98 Å². The molecule has 0 N–H and O–H groups in total. The van der Waals surface area contributed by atoms with Gasteiger partial charge >= 0.3 is 0 Å². The van der Waals surface area contributed by atoms with Gasteiger partial charge in [0, 0.05) is 12.6 Å². The first-order valence-corrected chi connectivity index (χ1v) is 5.33. The van der Waals surface area contributed by atoms with Gasteiger partial charge in [-0.1, -0.05) is 11.6 Å². The minimum atomic E-state index is 0.149. The Morgan fingerprint density at radius 3 is 3.07 bits per heavy atom. The van der Waals surface area contributed by atoms with Gasteiger partial charge in [0.1, 0.15) is 11.3 Å². The predicted octanol–water partition coefficient (Wildman–Crippen LogP) is 2.51. The van der Waals surface area contributed by atoms with Crippen LogP contribution < -0.4 is 0 Å². The Morgan fingerprint density at radius 1 is 1.33 bits per heavy atom. The summed E-state index contributed by atoms with van der Waals surface area (Å²) in [5.74, 6) is 0.149. The van der Waals surface area contributed by atoms with Gasteiger partial charge in [-0.15, -0.1) is 0 Å². The van der Waals surface area contributed by atoms with E-state index in [4.69, 9.17) is 11.6 Å². The Labute approximate surface area is 91.7 Å². The molecule has 0 fully saturated rings. The van der Waals surface area contributed by atoms with Gasteiger partial charge in [0.25, 0.3) is 0 Å². The highest BCUT2D eigenvalue weighted by molar-refractivity contribution is 6.30. The lowest BCUT2D eigenvalue weighted by molar-refractivity contribution is 0.0967. The minimum absolute atomic E-state index is 0.149. The number of pyridine rings is 1. The second-order valence-electron chi connectivity index (χ2n) is 3.76. The van der Waals surface area contributed by atoms with Gasteiger partial charge in [0.15, 0.2) is 5.78 Å². The fourth-order valence-corrected chi connectivity index (χ4v) is 2.22. The van der Waals surface area contributed by atoms with Gasteiger partial charge in [-0.25, -0.2) is 4.98 Å². The summed E-state index contributed by atoms with van der Waals surface area (Å²) in [7, 11) is 0. The first-order chi connectivity index (χ1) is 7.25. The van der Waals surface area contributed by atoms with Crippen LogP contribution in [0.3, 0.4) is 0 Å². The topological polar surface area (TPSA) is 34.4 Å². The number of aromatic nitrogens is 2. The van der Waals surface area contributed by atoms with Crippen LogP contribution in [0, 0.1) is 0 Å². The van der Waals surface area contributed by atoms with E-state index in [1.54, 1.807) is 6.07 Å². The van der Waals surface area contributed by atoms with Crippen LogP contribution in [0.4, 0.5) is 0 Å². The van der Waals surface area contributed by atoms with Gasteiger partial charge in [-0.2, -0.15) is 0 Å². The van der Waals surface area contributed by atoms with Crippen molar-refractivity contribution in [2.45, 2.75) is 19.3 Å². The van der Waals surface area contributed by atoms with Crippen molar-refractivity contribution in [2.24, 2.45) is 0 Å². The van der Waals surface area contributed by atoms with Crippen LogP contribution in [0.25, 0.3) is 5.65 Å². The Balaban J connectivity index is 2.36. The van der Waals surface area contributed by atoms with Crippen molar-refractivity contribution in [3.05, 3.63) is 34.7 Å². The Hall–Kier alpha value is -1.35. The first-order valence-electron chi connectivity index (χ1n) is 4.95. The first kappa shape index (κ1) is 8.92. The van der Waals surface area contributed by atoms with Crippen LogP contribution in [0.1, 0.15) is 29.0 Å². The number of halogens is 1. The van der Waals surface area contributed by atoms with Crippen LogP contribution in [0.15, 0.2) is 18.3 Å². The van der Waals surface area contributed by atoms with E-state index in [-0.39, 0.29) is 5.78 Å². The number of hydrogen-bond acceptors (Lipinski definition) is 2. The normalized spacial score (nSPS) is 15.7. The van der Waals surface area contributed by atoms with Crippen LogP contribution >= 0.6 is 11.6 Å². The summed E-state index contributed by atoms with van der Waals surface area (Å²) in [6.07, 6.45) is 4.25. The number of rotatable bonds is 0. The number of aryl methyl sites for hydroxylation is 1. The average molecular weight is 221 g/mol. The molecule has 1 aliphatic carbocycles. The molecule has 0 bridgehead atoms. The predicted molar refractivity (Wildman–Crippen MR) is 57.5 cm³/mol. The minimum Gasteiger partial charge on any atom is -0.302 e. The molecule has 4 heteroatoms. The molecular formula is C11H9ClN2O. The number of carbonyl (C=O) groups is 1. The molecule has 2 aromatic heterocycles. The lowest BCUT2D eigenvalue weighted by atomic mass is 10.0. The number of fused-ring (bicyclic) bond motifs is 3. The molecule has 0 aromatic carbocycles. The molecule has 76 valence electrons. The molecule has 2 heterocycles. The molecule has 3 nitrogen and oxygen atoms in total. The van der Waals surface area contributed by atoms with E-state index in [0.717, 1.165) is 24.2 Å². The summed E-state index contributed by atoms with van der Waals surface area (Å²) in [6.45, 7) is 0. The third kappa shape index (κ3) is 1.27. The standard InChI is InChI=1S/C11H9ClN2O/c12-7-4-5-10-13-11-8(14(10)6-7)2-1-3-9(11)15/h4-6H,1-3H2. The number of hydrogen-bond donors (Lipinski definition) is 0. The molecule has 0 saturated carbocycles. The fourth-order valence-electron chi connectivity index (χ4n) is 2.06. The molecule has 0 saturated heterocycles. The maximum atomic E-state index is 11.6. The van der Waals surface area contributed by atoms with E-state index >= 15 is 0 Å². The van der Waals surface area contributed by atoms with Crippen LogP contribution in [0.2, 0.25) is 5.02 Å². The molecule has 0 spiro atoms. The third-order valence-corrected chi connectivity index (χ3v) is 2.99. The SMILES string of the molecule is O=C1CCCc2c1nc1ccc(Cl)cn21. The largest absolute Gasteiger partial charge is 0.302 e. The van der Waals surface area contributed by atoms with Crippen LogP contribution in [-0.4, -0.2) is 15.2 Å².